The topological polar surface area (TPSA) is 95.9 Å². The number of hydrogen-bond acceptors (Lipinski definition) is 5. The van der Waals surface area contributed by atoms with Gasteiger partial charge in [0.05, 0.1) is 25.4 Å². The Balaban J connectivity index is 3.50. The fourth-order valence-electron chi connectivity index (χ4n) is 7.74. The number of ether oxygens (including phenoxy) is 1. The lowest BCUT2D eigenvalue weighted by Gasteiger charge is -2.22. The summed E-state index contributed by atoms with van der Waals surface area (Å²) in [5.41, 5.74) is 0. The molecule has 0 saturated carbocycles. The Morgan fingerprint density at radius 1 is 0.466 bits per heavy atom. The molecule has 0 spiro atoms. The van der Waals surface area contributed by atoms with E-state index in [1.165, 1.54) is 154 Å². The zero-order valence-corrected chi connectivity index (χ0v) is 38.8. The van der Waals surface area contributed by atoms with Crippen molar-refractivity contribution in [3.63, 3.8) is 0 Å². The molecule has 0 saturated heterocycles. The van der Waals surface area contributed by atoms with Gasteiger partial charge in [0.25, 0.3) is 0 Å². The van der Waals surface area contributed by atoms with Gasteiger partial charge < -0.3 is 20.3 Å². The zero-order chi connectivity index (χ0) is 42.3. The van der Waals surface area contributed by atoms with Crippen LogP contribution in [0.2, 0.25) is 0 Å². The summed E-state index contributed by atoms with van der Waals surface area (Å²) in [6.07, 6.45) is 55.8. The van der Waals surface area contributed by atoms with Gasteiger partial charge in [0.2, 0.25) is 5.91 Å². The molecule has 0 aliphatic rings. The molecule has 6 heteroatoms. The molecule has 2 unspecified atom stereocenters. The van der Waals surface area contributed by atoms with Crippen LogP contribution in [0.4, 0.5) is 0 Å². The minimum atomic E-state index is -0.681. The van der Waals surface area contributed by atoms with E-state index in [-0.39, 0.29) is 18.5 Å². The van der Waals surface area contributed by atoms with Crippen molar-refractivity contribution in [3.05, 3.63) is 24.3 Å². The van der Waals surface area contributed by atoms with E-state index in [4.69, 9.17) is 4.74 Å². The summed E-state index contributed by atoms with van der Waals surface area (Å²) in [6.45, 7) is 4.86. The van der Waals surface area contributed by atoms with Crippen molar-refractivity contribution >= 4 is 11.9 Å². The van der Waals surface area contributed by atoms with Crippen LogP contribution in [0.5, 0.6) is 0 Å². The van der Waals surface area contributed by atoms with E-state index < -0.39 is 12.1 Å². The predicted molar refractivity (Wildman–Crippen MR) is 250 cm³/mol. The summed E-state index contributed by atoms with van der Waals surface area (Å²) >= 11 is 0. The van der Waals surface area contributed by atoms with Crippen molar-refractivity contribution in [3.8, 4) is 0 Å². The van der Waals surface area contributed by atoms with Crippen LogP contribution in [0.15, 0.2) is 24.3 Å². The maximum Gasteiger partial charge on any atom is 0.305 e. The second-order valence-corrected chi connectivity index (χ2v) is 17.5. The summed E-state index contributed by atoms with van der Waals surface area (Å²) in [4.78, 5) is 24.5. The maximum absolute atomic E-state index is 12.4. The highest BCUT2D eigenvalue weighted by Gasteiger charge is 2.20. The number of esters is 1. The van der Waals surface area contributed by atoms with Gasteiger partial charge >= 0.3 is 5.97 Å². The third-order valence-electron chi connectivity index (χ3n) is 11.7. The first-order valence-corrected chi connectivity index (χ1v) is 25.6. The molecular formula is C52H99NO5. The smallest absolute Gasteiger partial charge is 0.305 e. The molecule has 0 aromatic carbocycles. The van der Waals surface area contributed by atoms with Crippen molar-refractivity contribution in [1.29, 1.82) is 0 Å². The third-order valence-corrected chi connectivity index (χ3v) is 11.7. The number of amides is 1. The molecule has 2 atom stereocenters. The second kappa shape index (κ2) is 48.0. The summed E-state index contributed by atoms with van der Waals surface area (Å²) < 4.78 is 5.44. The Hall–Kier alpha value is -1.66. The van der Waals surface area contributed by atoms with Crippen LogP contribution in [0, 0.1) is 0 Å². The van der Waals surface area contributed by atoms with Crippen LogP contribution in [-0.2, 0) is 14.3 Å². The highest BCUT2D eigenvalue weighted by molar-refractivity contribution is 5.76. The van der Waals surface area contributed by atoms with Crippen molar-refractivity contribution < 1.29 is 24.5 Å². The number of aliphatic hydroxyl groups excluding tert-OH is 2. The fraction of sp³-hybridized carbons (Fsp3) is 0.885. The molecule has 342 valence electrons. The summed E-state index contributed by atoms with van der Waals surface area (Å²) in [5.74, 6) is -0.0995. The van der Waals surface area contributed by atoms with Crippen LogP contribution >= 0.6 is 0 Å². The first-order chi connectivity index (χ1) is 28.5. The molecule has 58 heavy (non-hydrogen) atoms. The van der Waals surface area contributed by atoms with Gasteiger partial charge in [-0.3, -0.25) is 9.59 Å². The van der Waals surface area contributed by atoms with Crippen molar-refractivity contribution in [2.24, 2.45) is 0 Å². The lowest BCUT2D eigenvalue weighted by atomic mass is 10.0. The number of aliphatic hydroxyl groups is 2. The second-order valence-electron chi connectivity index (χ2n) is 17.5. The van der Waals surface area contributed by atoms with Gasteiger partial charge in [-0.05, 0) is 77.0 Å². The third kappa shape index (κ3) is 43.9. The number of carbonyl (C=O) groups is 2. The van der Waals surface area contributed by atoms with Gasteiger partial charge in [0, 0.05) is 12.8 Å². The van der Waals surface area contributed by atoms with Gasteiger partial charge in [0.1, 0.15) is 0 Å². The van der Waals surface area contributed by atoms with E-state index in [1.807, 2.05) is 0 Å². The molecule has 0 fully saturated rings. The zero-order valence-electron chi connectivity index (χ0n) is 38.8. The maximum atomic E-state index is 12.4. The van der Waals surface area contributed by atoms with Crippen LogP contribution in [-0.4, -0.2) is 47.4 Å². The van der Waals surface area contributed by atoms with Crippen molar-refractivity contribution in [2.75, 3.05) is 13.2 Å². The molecule has 6 nitrogen and oxygen atoms in total. The van der Waals surface area contributed by atoms with E-state index in [9.17, 15) is 19.8 Å². The van der Waals surface area contributed by atoms with Gasteiger partial charge in [-0.1, -0.05) is 205 Å². The highest BCUT2D eigenvalue weighted by atomic mass is 16.5. The molecule has 0 bridgehead atoms. The SMILES string of the molecule is CCCCCCCCC/C=C\CCCCCCCCCC(=O)OCCCC/C=C\CCCCCCCC(=O)NC(CO)C(O)CCCCCCCCCCCCCC. The number of rotatable bonds is 47. The van der Waals surface area contributed by atoms with Crippen LogP contribution in [0.25, 0.3) is 0 Å². The van der Waals surface area contributed by atoms with Gasteiger partial charge in [-0.2, -0.15) is 0 Å². The number of unbranched alkanes of at least 4 members (excludes halogenated alkanes) is 32. The van der Waals surface area contributed by atoms with Gasteiger partial charge in [-0.25, -0.2) is 0 Å². The molecule has 0 heterocycles. The van der Waals surface area contributed by atoms with Gasteiger partial charge in [0.15, 0.2) is 0 Å². The molecule has 0 aliphatic carbocycles. The largest absolute Gasteiger partial charge is 0.466 e. The standard InChI is InChI=1S/C52H99NO5/c1-3-5-7-9-11-13-15-17-18-19-20-21-22-26-30-34-38-42-46-52(57)58-47-43-39-35-31-27-23-25-29-33-37-41-45-51(56)53-49(48-54)50(55)44-40-36-32-28-24-16-14-12-10-8-6-4-2/h18-19,27,31,49-50,54-55H,3-17,20-26,28-30,32-48H2,1-2H3,(H,53,56)/b19-18-,31-27-. The van der Waals surface area contributed by atoms with Crippen molar-refractivity contribution in [2.45, 2.75) is 283 Å². The van der Waals surface area contributed by atoms with Gasteiger partial charge in [-0.15, -0.1) is 0 Å². The summed E-state index contributed by atoms with van der Waals surface area (Å²) in [6, 6.07) is -0.561. The summed E-state index contributed by atoms with van der Waals surface area (Å²) in [7, 11) is 0. The Kier molecular flexibility index (Phi) is 46.6. The monoisotopic (exact) mass is 818 g/mol. The summed E-state index contributed by atoms with van der Waals surface area (Å²) in [5, 5.41) is 23.1. The Morgan fingerprint density at radius 2 is 0.810 bits per heavy atom. The molecule has 0 aromatic heterocycles. The molecule has 1 amide bonds. The molecular weight excluding hydrogens is 719 g/mol. The average Bonchev–Trinajstić information content (AvgIpc) is 3.22. The molecule has 0 rings (SSSR count). The average molecular weight is 818 g/mol. The van der Waals surface area contributed by atoms with E-state index >= 15 is 0 Å². The predicted octanol–water partition coefficient (Wildman–Crippen LogP) is 15.1. The minimum Gasteiger partial charge on any atom is -0.466 e. The minimum absolute atomic E-state index is 0.0344. The fourth-order valence-corrected chi connectivity index (χ4v) is 7.74. The Bertz CT molecular complexity index is 904. The van der Waals surface area contributed by atoms with E-state index in [1.54, 1.807) is 0 Å². The first kappa shape index (κ1) is 56.3. The van der Waals surface area contributed by atoms with Crippen LogP contribution < -0.4 is 5.32 Å². The molecule has 0 aromatic rings. The Morgan fingerprint density at radius 3 is 1.22 bits per heavy atom. The first-order valence-electron chi connectivity index (χ1n) is 25.6. The van der Waals surface area contributed by atoms with Crippen LogP contribution in [0.3, 0.4) is 0 Å². The quantitative estimate of drug-likeness (QED) is 0.0323. The Labute approximate surface area is 361 Å². The molecule has 3 N–H and O–H groups in total. The van der Waals surface area contributed by atoms with Crippen molar-refractivity contribution in [1.82, 2.24) is 5.32 Å². The number of hydrogen-bond donors (Lipinski definition) is 3. The lowest BCUT2D eigenvalue weighted by Crippen LogP contribution is -2.45. The number of allylic oxidation sites excluding steroid dienone is 4. The molecule has 0 radical (unpaired) electrons. The normalized spacial score (nSPS) is 12.8. The number of nitrogens with one attached hydrogen (secondary N) is 1. The van der Waals surface area contributed by atoms with E-state index in [0.29, 0.717) is 25.9 Å². The van der Waals surface area contributed by atoms with E-state index in [2.05, 4.69) is 43.5 Å². The number of carbonyl (C=O) groups excluding carboxylic acids is 2. The molecule has 0 aliphatic heterocycles. The lowest BCUT2D eigenvalue weighted by molar-refractivity contribution is -0.143. The highest BCUT2D eigenvalue weighted by Crippen LogP contribution is 2.16. The van der Waals surface area contributed by atoms with E-state index in [0.717, 1.165) is 83.5 Å². The van der Waals surface area contributed by atoms with Crippen LogP contribution in [0.1, 0.15) is 271 Å².